The van der Waals surface area contributed by atoms with Gasteiger partial charge in [0.25, 0.3) is 0 Å². The van der Waals surface area contributed by atoms with E-state index < -0.39 is 0 Å². The van der Waals surface area contributed by atoms with E-state index in [4.69, 9.17) is 20.4 Å². The minimum atomic E-state index is -0.322. The average molecular weight is 489 g/mol. The number of urea groups is 1. The summed E-state index contributed by atoms with van der Waals surface area (Å²) in [7, 11) is 0. The fraction of sp³-hybridized carbons (Fsp3) is 0.385. The lowest BCUT2D eigenvalue weighted by Gasteiger charge is -2.34. The van der Waals surface area contributed by atoms with Crippen LogP contribution in [0.2, 0.25) is 0 Å². The zero-order valence-electron chi connectivity index (χ0n) is 20.6. The molecule has 0 saturated carbocycles. The molecule has 2 saturated heterocycles. The molecule has 5 N–H and O–H groups in total. The second-order valence-electron chi connectivity index (χ2n) is 9.47. The number of nitrogens with two attached hydrogens (primary N) is 1. The number of ether oxygens (including phenoxy) is 1. The summed E-state index contributed by atoms with van der Waals surface area (Å²) < 4.78 is 5.74. The van der Waals surface area contributed by atoms with Crippen molar-refractivity contribution in [3.63, 3.8) is 0 Å². The van der Waals surface area contributed by atoms with Crippen molar-refractivity contribution in [1.29, 1.82) is 0 Å². The molecule has 10 nitrogen and oxygen atoms in total. The Kier molecular flexibility index (Phi) is 6.97. The summed E-state index contributed by atoms with van der Waals surface area (Å²) >= 11 is 0. The Bertz CT molecular complexity index is 1180. The van der Waals surface area contributed by atoms with Gasteiger partial charge in [-0.2, -0.15) is 15.0 Å². The van der Waals surface area contributed by atoms with Crippen LogP contribution in [0.25, 0.3) is 11.4 Å². The maximum Gasteiger partial charge on any atom is 0.323 e. The van der Waals surface area contributed by atoms with Crippen molar-refractivity contribution >= 4 is 29.3 Å². The van der Waals surface area contributed by atoms with Gasteiger partial charge in [0.2, 0.25) is 11.9 Å². The number of amides is 2. The van der Waals surface area contributed by atoms with Crippen LogP contribution in [0.15, 0.2) is 48.5 Å². The zero-order valence-corrected chi connectivity index (χ0v) is 20.6. The Morgan fingerprint density at radius 3 is 2.17 bits per heavy atom. The highest BCUT2D eigenvalue weighted by Crippen LogP contribution is 2.33. The lowest BCUT2D eigenvalue weighted by atomic mass is 10.2. The molecule has 1 aromatic heterocycles. The number of nitrogens with one attached hydrogen (secondary N) is 3. The molecule has 188 valence electrons. The van der Waals surface area contributed by atoms with Gasteiger partial charge >= 0.3 is 6.03 Å². The van der Waals surface area contributed by atoms with Crippen LogP contribution in [0.5, 0.6) is 0 Å². The van der Waals surface area contributed by atoms with Crippen LogP contribution in [0.1, 0.15) is 32.3 Å². The Morgan fingerprint density at radius 1 is 0.972 bits per heavy atom. The van der Waals surface area contributed by atoms with Crippen LogP contribution in [-0.4, -0.2) is 52.3 Å². The normalized spacial score (nSPS) is 18.8. The highest BCUT2D eigenvalue weighted by atomic mass is 16.5. The first-order chi connectivity index (χ1) is 17.5. The van der Waals surface area contributed by atoms with Gasteiger partial charge in [-0.1, -0.05) is 12.1 Å². The third-order valence-corrected chi connectivity index (χ3v) is 6.36. The maximum absolute atomic E-state index is 12.4. The number of aromatic nitrogens is 3. The summed E-state index contributed by atoms with van der Waals surface area (Å²) in [6.45, 7) is 5.97. The largest absolute Gasteiger partial charge is 0.377 e. The number of carbonyl (C=O) groups is 1. The van der Waals surface area contributed by atoms with Gasteiger partial charge in [-0.05, 0) is 68.7 Å². The van der Waals surface area contributed by atoms with Crippen molar-refractivity contribution in [1.82, 2.24) is 15.0 Å². The van der Waals surface area contributed by atoms with Gasteiger partial charge in [0.15, 0.2) is 5.82 Å². The van der Waals surface area contributed by atoms with E-state index in [1.807, 2.05) is 48.5 Å². The van der Waals surface area contributed by atoms with Gasteiger partial charge < -0.3 is 31.3 Å². The minimum absolute atomic E-state index is 0.186. The quantitative estimate of drug-likeness (QED) is 0.395. The van der Waals surface area contributed by atoms with E-state index in [-0.39, 0.29) is 12.1 Å². The van der Waals surface area contributed by atoms with Crippen LogP contribution >= 0.6 is 0 Å². The van der Waals surface area contributed by atoms with Crippen molar-refractivity contribution in [2.75, 3.05) is 34.1 Å². The molecule has 2 fully saturated rings. The Hall–Kier alpha value is -3.76. The summed E-state index contributed by atoms with van der Waals surface area (Å²) in [5.74, 6) is 1.82. The third-order valence-electron chi connectivity index (χ3n) is 6.36. The number of nitrogens with zero attached hydrogens (tertiary/aromatic N) is 4. The predicted octanol–water partition coefficient (Wildman–Crippen LogP) is 3.83. The standard InChI is InChI=1S/C26H32N8O2/c1-16(2)28-24-31-23(32-25(33-24)34-21-11-12-22(34)15-36-14-21)18-5-9-20(10-6-18)30-26(35)29-19-7-3-17(13-27)4-8-19/h3-10,16,21-22H,11-15,27H2,1-2H3,(H2,29,30,35)(H,28,31,32,33). The predicted molar refractivity (Wildman–Crippen MR) is 141 cm³/mol. The molecule has 10 heteroatoms. The summed E-state index contributed by atoms with van der Waals surface area (Å²) in [6.07, 6.45) is 2.16. The molecule has 0 aliphatic carbocycles. The molecule has 0 spiro atoms. The number of rotatable bonds is 7. The second kappa shape index (κ2) is 10.5. The van der Waals surface area contributed by atoms with Crippen LogP contribution in [0.3, 0.4) is 0 Å². The van der Waals surface area contributed by atoms with E-state index >= 15 is 0 Å². The second-order valence-corrected chi connectivity index (χ2v) is 9.47. The lowest BCUT2D eigenvalue weighted by Crippen LogP contribution is -2.47. The molecule has 2 bridgehead atoms. The average Bonchev–Trinajstić information content (AvgIpc) is 3.12. The number of morpholine rings is 1. The fourth-order valence-electron chi connectivity index (χ4n) is 4.61. The Morgan fingerprint density at radius 2 is 1.58 bits per heavy atom. The summed E-state index contributed by atoms with van der Waals surface area (Å²) in [4.78, 5) is 29.0. The van der Waals surface area contributed by atoms with Gasteiger partial charge in [0, 0.05) is 29.5 Å². The molecular weight excluding hydrogens is 456 g/mol. The number of hydrogen-bond acceptors (Lipinski definition) is 8. The monoisotopic (exact) mass is 488 g/mol. The van der Waals surface area contributed by atoms with Crippen molar-refractivity contribution in [3.8, 4) is 11.4 Å². The highest BCUT2D eigenvalue weighted by molar-refractivity contribution is 5.99. The van der Waals surface area contributed by atoms with E-state index in [0.717, 1.165) is 24.0 Å². The number of benzene rings is 2. The number of hydrogen-bond donors (Lipinski definition) is 4. The van der Waals surface area contributed by atoms with Gasteiger partial charge in [0.1, 0.15) is 0 Å². The van der Waals surface area contributed by atoms with E-state index in [9.17, 15) is 4.79 Å². The number of carbonyl (C=O) groups excluding carboxylic acids is 1. The maximum atomic E-state index is 12.4. The van der Waals surface area contributed by atoms with Crippen molar-refractivity contribution < 1.29 is 9.53 Å². The first-order valence-corrected chi connectivity index (χ1v) is 12.3. The molecule has 3 heterocycles. The first-order valence-electron chi connectivity index (χ1n) is 12.3. The summed E-state index contributed by atoms with van der Waals surface area (Å²) in [6, 6.07) is 15.4. The van der Waals surface area contributed by atoms with E-state index in [0.29, 0.717) is 60.9 Å². The molecule has 5 rings (SSSR count). The van der Waals surface area contributed by atoms with Crippen LogP contribution in [0, 0.1) is 0 Å². The van der Waals surface area contributed by atoms with Gasteiger partial charge in [-0.25, -0.2) is 4.79 Å². The Balaban J connectivity index is 1.33. The molecule has 36 heavy (non-hydrogen) atoms. The minimum Gasteiger partial charge on any atom is -0.377 e. The third kappa shape index (κ3) is 5.39. The first kappa shape index (κ1) is 24.0. The molecule has 2 aromatic carbocycles. The molecule has 2 unspecified atom stereocenters. The van der Waals surface area contributed by atoms with Crippen molar-refractivity contribution in [3.05, 3.63) is 54.1 Å². The molecular formula is C26H32N8O2. The molecule has 0 radical (unpaired) electrons. The number of anilines is 4. The van der Waals surface area contributed by atoms with E-state index in [2.05, 4.69) is 39.7 Å². The van der Waals surface area contributed by atoms with Crippen molar-refractivity contribution in [2.24, 2.45) is 5.73 Å². The zero-order chi connectivity index (χ0) is 25.1. The van der Waals surface area contributed by atoms with Gasteiger partial charge in [-0.3, -0.25) is 0 Å². The molecule has 2 amide bonds. The summed E-state index contributed by atoms with van der Waals surface area (Å²) in [5.41, 5.74) is 8.83. The van der Waals surface area contributed by atoms with Gasteiger partial charge in [0.05, 0.1) is 25.3 Å². The van der Waals surface area contributed by atoms with Gasteiger partial charge in [-0.15, -0.1) is 0 Å². The molecule has 3 aromatic rings. The topological polar surface area (TPSA) is 130 Å². The highest BCUT2D eigenvalue weighted by Gasteiger charge is 2.39. The SMILES string of the molecule is CC(C)Nc1nc(-c2ccc(NC(=O)Nc3ccc(CN)cc3)cc2)nc(N2C3CCC2COC3)n1. The summed E-state index contributed by atoms with van der Waals surface area (Å²) in [5, 5.41) is 9.00. The van der Waals surface area contributed by atoms with Crippen molar-refractivity contribution in [2.45, 2.75) is 51.4 Å². The Labute approximate surface area is 210 Å². The van der Waals surface area contributed by atoms with E-state index in [1.54, 1.807) is 0 Å². The van der Waals surface area contributed by atoms with Crippen LogP contribution < -0.4 is 26.6 Å². The smallest absolute Gasteiger partial charge is 0.323 e. The molecule has 2 atom stereocenters. The number of fused-ring (bicyclic) bond motifs is 2. The van der Waals surface area contributed by atoms with Crippen LogP contribution in [-0.2, 0) is 11.3 Å². The fourth-order valence-corrected chi connectivity index (χ4v) is 4.61. The molecule has 2 aliphatic heterocycles. The molecule has 2 aliphatic rings. The van der Waals surface area contributed by atoms with Crippen LogP contribution in [0.4, 0.5) is 28.1 Å². The lowest BCUT2D eigenvalue weighted by molar-refractivity contribution is 0.0897. The van der Waals surface area contributed by atoms with E-state index in [1.165, 1.54) is 0 Å².